The molecule has 0 amide bonds. The zero-order valence-electron chi connectivity index (χ0n) is 30.0. The second-order valence-corrected chi connectivity index (χ2v) is 28.7. The summed E-state index contributed by atoms with van der Waals surface area (Å²) in [5.74, 6) is 0. The van der Waals surface area contributed by atoms with Gasteiger partial charge in [0, 0.05) is 0 Å². The fraction of sp³-hybridized carbons (Fsp3) is 1.00. The molecule has 0 aliphatic rings. The van der Waals surface area contributed by atoms with E-state index in [2.05, 4.69) is 27.7 Å². The van der Waals surface area contributed by atoms with Crippen molar-refractivity contribution in [3.05, 3.63) is 0 Å². The molecule has 248 valence electrons. The summed E-state index contributed by atoms with van der Waals surface area (Å²) in [5.41, 5.74) is 0. The second kappa shape index (κ2) is 35.3. The second-order valence-electron chi connectivity index (χ2n) is 14.4. The SMILES string of the molecule is CCCCCCCCCCC[CH2][Sn]([CH2]CCCCCCC)([CH2]CCCCCCC)[CH2]CCCCCCCCCCC. The minimum atomic E-state index is -2.03. The Morgan fingerprint density at radius 1 is 0.195 bits per heavy atom. The minimum absolute atomic E-state index is 1.38. The monoisotopic (exact) mass is 685 g/mol. The molecule has 0 heterocycles. The van der Waals surface area contributed by atoms with Crippen LogP contribution < -0.4 is 0 Å². The normalized spacial score (nSPS) is 12.0. The van der Waals surface area contributed by atoms with Crippen LogP contribution >= 0.6 is 0 Å². The van der Waals surface area contributed by atoms with Crippen molar-refractivity contribution in [3.8, 4) is 0 Å². The van der Waals surface area contributed by atoms with Crippen LogP contribution in [0.3, 0.4) is 0 Å². The predicted octanol–water partition coefficient (Wildman–Crippen LogP) is 16.0. The Bertz CT molecular complexity index is 416. The van der Waals surface area contributed by atoms with E-state index >= 15 is 0 Å². The number of unbranched alkanes of at least 4 members (excludes halogenated alkanes) is 28. The summed E-state index contributed by atoms with van der Waals surface area (Å²) >= 11 is -2.03. The summed E-state index contributed by atoms with van der Waals surface area (Å²) < 4.78 is 7.02. The van der Waals surface area contributed by atoms with E-state index in [1.54, 1.807) is 69.1 Å². The first kappa shape index (κ1) is 41.8. The van der Waals surface area contributed by atoms with Gasteiger partial charge in [-0.25, -0.2) is 0 Å². The van der Waals surface area contributed by atoms with Crippen molar-refractivity contribution in [3.63, 3.8) is 0 Å². The summed E-state index contributed by atoms with van der Waals surface area (Å²) in [5, 5.41) is 0. The molecule has 0 aliphatic heterocycles. The van der Waals surface area contributed by atoms with Crippen LogP contribution in [0.4, 0.5) is 0 Å². The molecule has 0 unspecified atom stereocenters. The van der Waals surface area contributed by atoms with Gasteiger partial charge < -0.3 is 0 Å². The van der Waals surface area contributed by atoms with Crippen LogP contribution in [0.5, 0.6) is 0 Å². The van der Waals surface area contributed by atoms with Gasteiger partial charge in [-0.05, 0) is 0 Å². The zero-order valence-corrected chi connectivity index (χ0v) is 32.8. The van der Waals surface area contributed by atoms with E-state index in [0.717, 1.165) is 0 Å². The third-order valence-corrected chi connectivity index (χ3v) is 26.4. The van der Waals surface area contributed by atoms with Crippen LogP contribution in [0.25, 0.3) is 0 Å². The van der Waals surface area contributed by atoms with Crippen LogP contribution in [0.15, 0.2) is 0 Å². The van der Waals surface area contributed by atoms with Crippen LogP contribution in [0.2, 0.25) is 17.7 Å². The molecule has 0 nitrogen and oxygen atoms in total. The van der Waals surface area contributed by atoms with Gasteiger partial charge in [-0.2, -0.15) is 0 Å². The Balaban J connectivity index is 4.71. The number of hydrogen-bond donors (Lipinski definition) is 0. The van der Waals surface area contributed by atoms with Crippen LogP contribution in [-0.4, -0.2) is 18.4 Å². The van der Waals surface area contributed by atoms with E-state index in [9.17, 15) is 0 Å². The van der Waals surface area contributed by atoms with Gasteiger partial charge in [0.1, 0.15) is 0 Å². The van der Waals surface area contributed by atoms with Gasteiger partial charge in [0.2, 0.25) is 0 Å². The molecule has 0 saturated heterocycles. The molecule has 0 radical (unpaired) electrons. The summed E-state index contributed by atoms with van der Waals surface area (Å²) in [4.78, 5) is 0. The molecular weight excluding hydrogens is 599 g/mol. The van der Waals surface area contributed by atoms with Gasteiger partial charge in [-0.3, -0.25) is 0 Å². The summed E-state index contributed by atoms with van der Waals surface area (Å²) in [6, 6.07) is 0. The van der Waals surface area contributed by atoms with Crippen molar-refractivity contribution in [1.29, 1.82) is 0 Å². The predicted molar refractivity (Wildman–Crippen MR) is 195 cm³/mol. The molecule has 0 bridgehead atoms. The van der Waals surface area contributed by atoms with E-state index in [-0.39, 0.29) is 0 Å². The molecule has 0 aliphatic carbocycles. The molecule has 0 rings (SSSR count). The molecule has 0 spiro atoms. The van der Waals surface area contributed by atoms with Crippen molar-refractivity contribution < 1.29 is 0 Å². The molecule has 0 saturated carbocycles. The van der Waals surface area contributed by atoms with Crippen molar-refractivity contribution in [2.75, 3.05) is 0 Å². The van der Waals surface area contributed by atoms with Gasteiger partial charge in [-0.1, -0.05) is 0 Å². The quantitative estimate of drug-likeness (QED) is 0.0455. The summed E-state index contributed by atoms with van der Waals surface area (Å²) in [6.07, 6.45) is 48.0. The summed E-state index contributed by atoms with van der Waals surface area (Å²) in [7, 11) is 0. The maximum absolute atomic E-state index is 2.36. The topological polar surface area (TPSA) is 0 Å². The Morgan fingerprint density at radius 2 is 0.341 bits per heavy atom. The Morgan fingerprint density at radius 3 is 0.512 bits per heavy atom. The van der Waals surface area contributed by atoms with E-state index in [4.69, 9.17) is 0 Å². The maximum atomic E-state index is 2.36. The van der Waals surface area contributed by atoms with Gasteiger partial charge in [0.05, 0.1) is 0 Å². The molecule has 0 aromatic heterocycles. The number of hydrogen-bond acceptors (Lipinski definition) is 0. The Hall–Kier alpha value is 0.799. The fourth-order valence-electron chi connectivity index (χ4n) is 7.29. The molecular formula is C40H84Sn. The van der Waals surface area contributed by atoms with Gasteiger partial charge in [0.15, 0.2) is 0 Å². The van der Waals surface area contributed by atoms with Crippen molar-refractivity contribution in [2.24, 2.45) is 0 Å². The van der Waals surface area contributed by atoms with Crippen molar-refractivity contribution in [2.45, 2.75) is 251 Å². The van der Waals surface area contributed by atoms with Crippen molar-refractivity contribution >= 4 is 18.4 Å². The molecule has 41 heavy (non-hydrogen) atoms. The van der Waals surface area contributed by atoms with Gasteiger partial charge in [0.25, 0.3) is 0 Å². The first-order valence-corrected chi connectivity index (χ1v) is 28.3. The van der Waals surface area contributed by atoms with Crippen molar-refractivity contribution in [1.82, 2.24) is 0 Å². The van der Waals surface area contributed by atoms with Crippen LogP contribution in [0.1, 0.15) is 233 Å². The van der Waals surface area contributed by atoms with E-state index in [1.807, 2.05) is 0 Å². The average molecular weight is 684 g/mol. The van der Waals surface area contributed by atoms with Gasteiger partial charge in [-0.15, -0.1) is 0 Å². The van der Waals surface area contributed by atoms with E-state index < -0.39 is 18.4 Å². The third kappa shape index (κ3) is 30.6. The molecule has 0 fully saturated rings. The zero-order chi connectivity index (χ0) is 30.0. The average Bonchev–Trinajstić information content (AvgIpc) is 2.98. The van der Waals surface area contributed by atoms with Crippen LogP contribution in [0, 0.1) is 0 Å². The fourth-order valence-corrected chi connectivity index (χ4v) is 23.0. The van der Waals surface area contributed by atoms with Crippen LogP contribution in [-0.2, 0) is 0 Å². The first-order valence-electron chi connectivity index (χ1n) is 20.2. The first-order chi connectivity index (χ1) is 20.2. The Labute approximate surface area is 268 Å². The molecule has 0 aromatic rings. The van der Waals surface area contributed by atoms with E-state index in [0.29, 0.717) is 0 Å². The molecule has 0 atom stereocenters. The number of rotatable bonds is 36. The molecule has 1 heteroatoms. The summed E-state index contributed by atoms with van der Waals surface area (Å²) in [6.45, 7) is 9.39. The molecule has 0 aromatic carbocycles. The Kier molecular flexibility index (Phi) is 36.0. The standard InChI is InChI=1S/2C12H25.2C8H17.Sn/c2*1-3-5-7-9-11-12-10-8-6-4-2;2*1-3-5-7-8-6-4-2;/h2*1,3-12H2,2H3;2*1,3-8H2,2H3;. The van der Waals surface area contributed by atoms with E-state index in [1.165, 1.54) is 154 Å². The molecule has 0 N–H and O–H groups in total. The third-order valence-electron chi connectivity index (χ3n) is 10.2. The van der Waals surface area contributed by atoms with Gasteiger partial charge >= 0.3 is 269 Å².